The van der Waals surface area contributed by atoms with E-state index in [1.165, 1.54) is 0 Å². The maximum Gasteiger partial charge on any atom is 0.240 e. The van der Waals surface area contributed by atoms with Crippen LogP contribution in [0.2, 0.25) is 0 Å². The number of hydrogen-bond acceptors (Lipinski definition) is 2. The number of nitrogens with one attached hydrogen (secondary N) is 2. The highest BCUT2D eigenvalue weighted by Crippen LogP contribution is 2.47. The van der Waals surface area contributed by atoms with Crippen LogP contribution < -0.4 is 10.6 Å². The van der Waals surface area contributed by atoms with Crippen molar-refractivity contribution in [1.29, 1.82) is 0 Å². The van der Waals surface area contributed by atoms with Crippen LogP contribution in [0.4, 0.5) is 18.9 Å². The first-order valence-corrected chi connectivity index (χ1v) is 7.71. The van der Waals surface area contributed by atoms with Gasteiger partial charge in [-0.15, -0.1) is 0 Å². The number of carbonyl (C=O) groups is 2. The second-order valence-electron chi connectivity index (χ2n) is 5.93. The summed E-state index contributed by atoms with van der Waals surface area (Å²) in [7, 11) is 0. The van der Waals surface area contributed by atoms with Gasteiger partial charge < -0.3 is 10.6 Å². The number of carbonyl (C=O) groups excluding carboxylic acids is 2. The molecule has 7 heteroatoms. The molecule has 1 saturated carbocycles. The van der Waals surface area contributed by atoms with Crippen LogP contribution in [0.25, 0.3) is 0 Å². The van der Waals surface area contributed by atoms with Gasteiger partial charge >= 0.3 is 0 Å². The van der Waals surface area contributed by atoms with E-state index in [0.29, 0.717) is 18.9 Å². The number of anilines is 1. The lowest BCUT2D eigenvalue weighted by Crippen LogP contribution is -2.39. The molecule has 4 nitrogen and oxygen atoms in total. The monoisotopic (exact) mass is 348 g/mol. The maximum absolute atomic E-state index is 13.7. The predicted octanol–water partition coefficient (Wildman–Crippen LogP) is 3.14. The van der Waals surface area contributed by atoms with Gasteiger partial charge in [0.1, 0.15) is 5.41 Å². The van der Waals surface area contributed by atoms with Crippen molar-refractivity contribution in [3.8, 4) is 0 Å². The fourth-order valence-electron chi connectivity index (χ4n) is 2.49. The van der Waals surface area contributed by atoms with Crippen LogP contribution in [0, 0.1) is 22.9 Å². The number of amides is 2. The summed E-state index contributed by atoms with van der Waals surface area (Å²) in [6.45, 7) is 0.258. The van der Waals surface area contributed by atoms with Crippen molar-refractivity contribution in [2.24, 2.45) is 5.41 Å². The lowest BCUT2D eigenvalue weighted by Gasteiger charge is -2.16. The summed E-state index contributed by atoms with van der Waals surface area (Å²) in [5.41, 5.74) is -0.920. The van der Waals surface area contributed by atoms with Gasteiger partial charge in [-0.25, -0.2) is 13.2 Å². The Kier molecular flexibility index (Phi) is 4.48. The molecule has 0 unspecified atom stereocenters. The van der Waals surface area contributed by atoms with Crippen molar-refractivity contribution in [1.82, 2.24) is 5.32 Å². The third kappa shape index (κ3) is 3.35. The Morgan fingerprint density at radius 2 is 1.60 bits per heavy atom. The first kappa shape index (κ1) is 17.0. The number of rotatable bonds is 5. The molecule has 130 valence electrons. The number of benzene rings is 2. The van der Waals surface area contributed by atoms with Gasteiger partial charge in [0.05, 0.1) is 5.69 Å². The average Bonchev–Trinajstić information content (AvgIpc) is 3.43. The highest BCUT2D eigenvalue weighted by atomic mass is 19.2. The fourth-order valence-corrected chi connectivity index (χ4v) is 2.49. The van der Waals surface area contributed by atoms with Gasteiger partial charge in [0, 0.05) is 6.54 Å². The van der Waals surface area contributed by atoms with Crippen LogP contribution in [0.3, 0.4) is 0 Å². The molecule has 1 aliphatic rings. The molecule has 25 heavy (non-hydrogen) atoms. The third-order valence-corrected chi connectivity index (χ3v) is 4.20. The summed E-state index contributed by atoms with van der Waals surface area (Å²) in [6, 6.07) is 10.8. The van der Waals surface area contributed by atoms with Crippen molar-refractivity contribution < 1.29 is 22.8 Å². The summed E-state index contributed by atoms with van der Waals surface area (Å²) < 4.78 is 39.9. The number of hydrogen-bond donors (Lipinski definition) is 2. The standard InChI is InChI=1S/C18H15F3N2O2/c19-12-6-7-13(15(21)14(12)20)23-17(25)18(8-9-18)16(24)22-10-11-4-2-1-3-5-11/h1-7H,8-10H2,(H,22,24)(H,23,25). The van der Waals surface area contributed by atoms with Gasteiger partial charge in [-0.1, -0.05) is 30.3 Å². The zero-order chi connectivity index (χ0) is 18.0. The van der Waals surface area contributed by atoms with E-state index in [4.69, 9.17) is 0 Å². The summed E-state index contributed by atoms with van der Waals surface area (Å²) in [4.78, 5) is 24.7. The van der Waals surface area contributed by atoms with Crippen LogP contribution in [0.5, 0.6) is 0 Å². The Balaban J connectivity index is 1.67. The molecule has 0 heterocycles. The van der Waals surface area contributed by atoms with E-state index in [9.17, 15) is 22.8 Å². The van der Waals surface area contributed by atoms with Gasteiger partial charge in [0.15, 0.2) is 17.5 Å². The Labute approximate surface area is 142 Å². The Morgan fingerprint density at radius 1 is 0.920 bits per heavy atom. The molecule has 2 aromatic rings. The summed E-state index contributed by atoms with van der Waals surface area (Å²) in [6.07, 6.45) is 0.621. The zero-order valence-corrected chi connectivity index (χ0v) is 13.1. The molecule has 0 aliphatic heterocycles. The van der Waals surface area contributed by atoms with Crippen molar-refractivity contribution >= 4 is 17.5 Å². The Morgan fingerprint density at radius 3 is 2.24 bits per heavy atom. The lowest BCUT2D eigenvalue weighted by atomic mass is 10.0. The summed E-state index contributed by atoms with van der Waals surface area (Å²) >= 11 is 0. The molecule has 0 spiro atoms. The molecule has 0 aromatic heterocycles. The van der Waals surface area contributed by atoms with E-state index in [1.54, 1.807) is 0 Å². The minimum atomic E-state index is -1.67. The molecule has 0 saturated heterocycles. The summed E-state index contributed by atoms with van der Waals surface area (Å²) in [5, 5.41) is 4.85. The van der Waals surface area contributed by atoms with E-state index in [0.717, 1.165) is 11.6 Å². The first-order valence-electron chi connectivity index (χ1n) is 7.71. The molecular formula is C18H15F3N2O2. The first-order chi connectivity index (χ1) is 11.9. The van der Waals surface area contributed by atoms with Gasteiger partial charge in [-0.2, -0.15) is 0 Å². The molecule has 0 radical (unpaired) electrons. The van der Waals surface area contributed by atoms with Gasteiger partial charge in [0.25, 0.3) is 0 Å². The van der Waals surface area contributed by atoms with E-state index in [1.807, 2.05) is 30.3 Å². The second kappa shape index (κ2) is 6.58. The predicted molar refractivity (Wildman–Crippen MR) is 84.9 cm³/mol. The third-order valence-electron chi connectivity index (χ3n) is 4.20. The Bertz CT molecular complexity index is 821. The molecular weight excluding hydrogens is 333 g/mol. The Hall–Kier alpha value is -2.83. The van der Waals surface area contributed by atoms with Gasteiger partial charge in [-0.05, 0) is 30.5 Å². The minimum absolute atomic E-state index is 0.258. The lowest BCUT2D eigenvalue weighted by molar-refractivity contribution is -0.134. The van der Waals surface area contributed by atoms with Crippen LogP contribution in [-0.2, 0) is 16.1 Å². The molecule has 0 bridgehead atoms. The van der Waals surface area contributed by atoms with Crippen LogP contribution in [0.1, 0.15) is 18.4 Å². The van der Waals surface area contributed by atoms with Crippen molar-refractivity contribution in [2.45, 2.75) is 19.4 Å². The van der Waals surface area contributed by atoms with Crippen LogP contribution >= 0.6 is 0 Å². The topological polar surface area (TPSA) is 58.2 Å². The molecule has 3 rings (SSSR count). The van der Waals surface area contributed by atoms with Crippen molar-refractivity contribution in [3.63, 3.8) is 0 Å². The second-order valence-corrected chi connectivity index (χ2v) is 5.93. The molecule has 2 aromatic carbocycles. The van der Waals surface area contributed by atoms with Crippen LogP contribution in [0.15, 0.2) is 42.5 Å². The maximum atomic E-state index is 13.7. The van der Waals surface area contributed by atoms with Crippen molar-refractivity contribution in [3.05, 3.63) is 65.5 Å². The average molecular weight is 348 g/mol. The highest BCUT2D eigenvalue weighted by Gasteiger charge is 2.56. The SMILES string of the molecule is O=C(NCc1ccccc1)C1(C(=O)Nc2ccc(F)c(F)c2F)CC1. The fraction of sp³-hybridized carbons (Fsp3) is 0.222. The molecule has 0 atom stereocenters. The smallest absolute Gasteiger partial charge is 0.240 e. The number of halogens is 3. The largest absolute Gasteiger partial charge is 0.351 e. The van der Waals surface area contributed by atoms with E-state index >= 15 is 0 Å². The van der Waals surface area contributed by atoms with Crippen molar-refractivity contribution in [2.75, 3.05) is 5.32 Å². The summed E-state index contributed by atoms with van der Waals surface area (Å²) in [5.74, 6) is -5.72. The van der Waals surface area contributed by atoms with E-state index < -0.39 is 40.4 Å². The van der Waals surface area contributed by atoms with Gasteiger partial charge in [-0.3, -0.25) is 9.59 Å². The molecule has 1 fully saturated rings. The molecule has 2 N–H and O–H groups in total. The van der Waals surface area contributed by atoms with Gasteiger partial charge in [0.2, 0.25) is 11.8 Å². The zero-order valence-electron chi connectivity index (χ0n) is 13.1. The van der Waals surface area contributed by atoms with E-state index in [2.05, 4.69) is 10.6 Å². The minimum Gasteiger partial charge on any atom is -0.351 e. The quantitative estimate of drug-likeness (QED) is 0.644. The van der Waals surface area contributed by atoms with E-state index in [-0.39, 0.29) is 6.54 Å². The highest BCUT2D eigenvalue weighted by molar-refractivity contribution is 6.13. The normalized spacial score (nSPS) is 14.7. The van der Waals surface area contributed by atoms with Crippen LogP contribution in [-0.4, -0.2) is 11.8 Å². The molecule has 1 aliphatic carbocycles. The molecule has 2 amide bonds.